The van der Waals surface area contributed by atoms with Gasteiger partial charge in [0.2, 0.25) is 5.91 Å². The minimum absolute atomic E-state index is 0.0192. The number of fused-ring (bicyclic) bond motifs is 2. The number of carbonyl (C=O) groups is 1. The number of likely N-dealkylation sites (N-methyl/N-ethyl adjacent to an activating group) is 1. The van der Waals surface area contributed by atoms with Gasteiger partial charge in [0, 0.05) is 43.0 Å². The zero-order chi connectivity index (χ0) is 19.3. The van der Waals surface area contributed by atoms with Crippen LogP contribution in [0.25, 0.3) is 21.9 Å². The lowest BCUT2D eigenvalue weighted by molar-refractivity contribution is -0.132. The molecule has 4 rings (SSSR count). The SMILES string of the molecule is Cc1oc2cc3oc(=O)c(CC(=O)N4CCN(C)CC4)c(C)c3cc2c1C. The van der Waals surface area contributed by atoms with Gasteiger partial charge < -0.3 is 18.6 Å². The quantitative estimate of drug-likeness (QED) is 0.651. The Balaban J connectivity index is 1.74. The lowest BCUT2D eigenvalue weighted by Gasteiger charge is -2.32. The molecule has 0 atom stereocenters. The Morgan fingerprint density at radius 2 is 1.59 bits per heavy atom. The standard InChI is InChI=1S/C21H24N2O4/c1-12-14(3)26-18-11-19-16(9-15(12)18)13(2)17(21(25)27-19)10-20(24)23-7-5-22(4)6-8-23/h9,11H,5-8,10H2,1-4H3. The first-order chi connectivity index (χ1) is 12.8. The molecule has 27 heavy (non-hydrogen) atoms. The highest BCUT2D eigenvalue weighted by Crippen LogP contribution is 2.31. The minimum atomic E-state index is -0.443. The highest BCUT2D eigenvalue weighted by molar-refractivity contribution is 5.97. The number of hydrogen-bond acceptors (Lipinski definition) is 5. The molecule has 1 aliphatic heterocycles. The van der Waals surface area contributed by atoms with E-state index in [9.17, 15) is 9.59 Å². The van der Waals surface area contributed by atoms with Crippen LogP contribution in [0.2, 0.25) is 0 Å². The van der Waals surface area contributed by atoms with E-state index < -0.39 is 5.63 Å². The van der Waals surface area contributed by atoms with Crippen molar-refractivity contribution in [3.8, 4) is 0 Å². The molecule has 0 aliphatic carbocycles. The number of rotatable bonds is 2. The van der Waals surface area contributed by atoms with Gasteiger partial charge in [-0.2, -0.15) is 0 Å². The molecule has 1 aliphatic rings. The Morgan fingerprint density at radius 3 is 2.30 bits per heavy atom. The molecule has 1 aromatic carbocycles. The van der Waals surface area contributed by atoms with Crippen LogP contribution >= 0.6 is 0 Å². The molecule has 0 unspecified atom stereocenters. The van der Waals surface area contributed by atoms with Gasteiger partial charge in [-0.15, -0.1) is 0 Å². The fraction of sp³-hybridized carbons (Fsp3) is 0.429. The number of carbonyl (C=O) groups excluding carboxylic acids is 1. The number of nitrogens with zero attached hydrogens (tertiary/aromatic N) is 2. The Kier molecular flexibility index (Phi) is 4.30. The largest absolute Gasteiger partial charge is 0.461 e. The van der Waals surface area contributed by atoms with Crippen LogP contribution in [0.1, 0.15) is 22.5 Å². The van der Waals surface area contributed by atoms with Gasteiger partial charge in [-0.3, -0.25) is 4.79 Å². The molecule has 142 valence electrons. The van der Waals surface area contributed by atoms with Crippen molar-refractivity contribution < 1.29 is 13.6 Å². The van der Waals surface area contributed by atoms with Crippen molar-refractivity contribution in [1.82, 2.24) is 9.80 Å². The summed E-state index contributed by atoms with van der Waals surface area (Å²) in [6.07, 6.45) is 0.0786. The van der Waals surface area contributed by atoms with Crippen molar-refractivity contribution in [2.45, 2.75) is 27.2 Å². The van der Waals surface area contributed by atoms with E-state index in [-0.39, 0.29) is 12.3 Å². The van der Waals surface area contributed by atoms with Crippen LogP contribution < -0.4 is 5.63 Å². The predicted molar refractivity (Wildman–Crippen MR) is 104 cm³/mol. The fourth-order valence-corrected chi connectivity index (χ4v) is 3.75. The Hall–Kier alpha value is -2.60. The smallest absolute Gasteiger partial charge is 0.340 e. The van der Waals surface area contributed by atoms with Crippen LogP contribution in [0.5, 0.6) is 0 Å². The van der Waals surface area contributed by atoms with Crippen LogP contribution in [-0.2, 0) is 11.2 Å². The number of hydrogen-bond donors (Lipinski definition) is 0. The first-order valence-electron chi connectivity index (χ1n) is 9.27. The fourth-order valence-electron chi connectivity index (χ4n) is 3.75. The molecule has 6 heteroatoms. The number of amides is 1. The molecule has 1 fully saturated rings. The molecule has 2 aromatic heterocycles. The van der Waals surface area contributed by atoms with Crippen LogP contribution in [0.3, 0.4) is 0 Å². The summed E-state index contributed by atoms with van der Waals surface area (Å²) in [5, 5.41) is 1.86. The average molecular weight is 368 g/mol. The zero-order valence-corrected chi connectivity index (χ0v) is 16.2. The molecule has 3 aromatic rings. The monoisotopic (exact) mass is 368 g/mol. The summed E-state index contributed by atoms with van der Waals surface area (Å²) in [7, 11) is 2.05. The molecule has 6 nitrogen and oxygen atoms in total. The topological polar surface area (TPSA) is 66.9 Å². The summed E-state index contributed by atoms with van der Waals surface area (Å²) >= 11 is 0. The molecule has 0 spiro atoms. The van der Waals surface area contributed by atoms with Gasteiger partial charge in [-0.1, -0.05) is 0 Å². The first-order valence-corrected chi connectivity index (χ1v) is 9.27. The van der Waals surface area contributed by atoms with Crippen LogP contribution in [0.4, 0.5) is 0 Å². The maximum atomic E-state index is 12.7. The molecule has 0 radical (unpaired) electrons. The minimum Gasteiger partial charge on any atom is -0.461 e. The number of aryl methyl sites for hydroxylation is 3. The Morgan fingerprint density at radius 1 is 0.963 bits per heavy atom. The molecular formula is C21H24N2O4. The highest BCUT2D eigenvalue weighted by atomic mass is 16.4. The van der Waals surface area contributed by atoms with E-state index in [1.807, 2.05) is 38.8 Å². The van der Waals surface area contributed by atoms with Crippen molar-refractivity contribution in [3.05, 3.63) is 45.0 Å². The summed E-state index contributed by atoms with van der Waals surface area (Å²) in [6.45, 7) is 8.92. The third kappa shape index (κ3) is 3.04. The van der Waals surface area contributed by atoms with Crippen molar-refractivity contribution in [2.24, 2.45) is 0 Å². The number of benzene rings is 1. The van der Waals surface area contributed by atoms with E-state index in [0.717, 1.165) is 40.7 Å². The summed E-state index contributed by atoms with van der Waals surface area (Å²) < 4.78 is 11.3. The van der Waals surface area contributed by atoms with Gasteiger partial charge in [0.15, 0.2) is 0 Å². The van der Waals surface area contributed by atoms with E-state index in [2.05, 4.69) is 4.90 Å². The van der Waals surface area contributed by atoms with Crippen molar-refractivity contribution in [1.29, 1.82) is 0 Å². The van der Waals surface area contributed by atoms with E-state index in [0.29, 0.717) is 29.8 Å². The molecule has 1 amide bonds. The van der Waals surface area contributed by atoms with Crippen molar-refractivity contribution in [2.75, 3.05) is 33.2 Å². The first kappa shape index (κ1) is 17.8. The van der Waals surface area contributed by atoms with Gasteiger partial charge in [0.1, 0.15) is 16.9 Å². The van der Waals surface area contributed by atoms with E-state index >= 15 is 0 Å². The average Bonchev–Trinajstić information content (AvgIpc) is 2.91. The summed E-state index contributed by atoms with van der Waals surface area (Å²) in [5.41, 5.74) is 3.10. The molecule has 0 N–H and O–H groups in total. The molecule has 0 saturated carbocycles. The van der Waals surface area contributed by atoms with Crippen LogP contribution in [-0.4, -0.2) is 48.9 Å². The van der Waals surface area contributed by atoms with Gasteiger partial charge in [-0.05, 0) is 45.0 Å². The summed E-state index contributed by atoms with van der Waals surface area (Å²) in [6, 6.07) is 3.77. The Bertz CT molecular complexity index is 1100. The van der Waals surface area contributed by atoms with Crippen LogP contribution in [0.15, 0.2) is 25.8 Å². The second-order valence-corrected chi connectivity index (χ2v) is 7.48. The lowest BCUT2D eigenvalue weighted by atomic mass is 10.0. The maximum absolute atomic E-state index is 12.7. The summed E-state index contributed by atoms with van der Waals surface area (Å²) in [5.74, 6) is 0.833. The number of piperazine rings is 1. The van der Waals surface area contributed by atoms with Crippen LogP contribution in [0, 0.1) is 20.8 Å². The molecule has 1 saturated heterocycles. The second-order valence-electron chi connectivity index (χ2n) is 7.48. The van der Waals surface area contributed by atoms with E-state index in [1.165, 1.54) is 0 Å². The van der Waals surface area contributed by atoms with Gasteiger partial charge in [0.05, 0.1) is 12.0 Å². The second kappa shape index (κ2) is 6.53. The molecular weight excluding hydrogens is 344 g/mol. The highest BCUT2D eigenvalue weighted by Gasteiger charge is 2.22. The van der Waals surface area contributed by atoms with Gasteiger partial charge in [0.25, 0.3) is 0 Å². The third-order valence-corrected chi connectivity index (χ3v) is 5.77. The maximum Gasteiger partial charge on any atom is 0.340 e. The predicted octanol–water partition coefficient (Wildman–Crippen LogP) is 2.78. The normalized spacial score (nSPS) is 15.8. The third-order valence-electron chi connectivity index (χ3n) is 5.77. The van der Waals surface area contributed by atoms with E-state index in [1.54, 1.807) is 6.07 Å². The number of furan rings is 1. The van der Waals surface area contributed by atoms with Crippen molar-refractivity contribution >= 4 is 27.8 Å². The zero-order valence-electron chi connectivity index (χ0n) is 16.2. The lowest BCUT2D eigenvalue weighted by Crippen LogP contribution is -2.47. The molecule has 3 heterocycles. The summed E-state index contributed by atoms with van der Waals surface area (Å²) in [4.78, 5) is 29.3. The van der Waals surface area contributed by atoms with E-state index in [4.69, 9.17) is 8.83 Å². The molecule has 0 bridgehead atoms. The Labute approximate surface area is 157 Å². The van der Waals surface area contributed by atoms with Gasteiger partial charge in [-0.25, -0.2) is 4.79 Å². The van der Waals surface area contributed by atoms with Gasteiger partial charge >= 0.3 is 5.63 Å². The van der Waals surface area contributed by atoms with Crippen molar-refractivity contribution in [3.63, 3.8) is 0 Å².